The zero-order chi connectivity index (χ0) is 10.7. The van der Waals surface area contributed by atoms with Gasteiger partial charge >= 0.3 is 0 Å². The maximum atomic E-state index is 10.6. The first-order chi connectivity index (χ1) is 7.25. The lowest BCUT2D eigenvalue weighted by molar-refractivity contribution is -0.384. The highest BCUT2D eigenvalue weighted by Crippen LogP contribution is 2.15. The third-order valence-electron chi connectivity index (χ3n) is 2.18. The SMILES string of the molecule is O=[N+]([O-])c1cccc(Cc2ccc[nH]2)c1. The van der Waals surface area contributed by atoms with Gasteiger partial charge in [0.15, 0.2) is 0 Å². The maximum Gasteiger partial charge on any atom is 0.269 e. The normalized spacial score (nSPS) is 10.1. The molecule has 1 aromatic heterocycles. The molecule has 0 aliphatic carbocycles. The Morgan fingerprint density at radius 3 is 2.80 bits per heavy atom. The number of H-pyrrole nitrogens is 1. The predicted octanol–water partition coefficient (Wildman–Crippen LogP) is 2.51. The quantitative estimate of drug-likeness (QED) is 0.614. The van der Waals surface area contributed by atoms with Crippen molar-refractivity contribution in [1.82, 2.24) is 4.98 Å². The number of rotatable bonds is 3. The monoisotopic (exact) mass is 202 g/mol. The maximum absolute atomic E-state index is 10.6. The molecule has 15 heavy (non-hydrogen) atoms. The lowest BCUT2D eigenvalue weighted by Crippen LogP contribution is -1.91. The van der Waals surface area contributed by atoms with E-state index in [4.69, 9.17) is 0 Å². The van der Waals surface area contributed by atoms with Crippen molar-refractivity contribution in [2.45, 2.75) is 6.42 Å². The molecular weight excluding hydrogens is 192 g/mol. The van der Waals surface area contributed by atoms with Gasteiger partial charge in [0, 0.05) is 30.4 Å². The summed E-state index contributed by atoms with van der Waals surface area (Å²) in [4.78, 5) is 13.2. The number of aromatic amines is 1. The van der Waals surface area contributed by atoms with E-state index in [1.807, 2.05) is 24.4 Å². The first kappa shape index (κ1) is 9.45. The van der Waals surface area contributed by atoms with E-state index in [1.54, 1.807) is 12.1 Å². The number of hydrogen-bond donors (Lipinski definition) is 1. The Hall–Kier alpha value is -2.10. The van der Waals surface area contributed by atoms with Crippen molar-refractivity contribution in [3.8, 4) is 0 Å². The molecule has 1 aromatic carbocycles. The van der Waals surface area contributed by atoms with Crippen LogP contribution in [0.5, 0.6) is 0 Å². The third-order valence-corrected chi connectivity index (χ3v) is 2.18. The van der Waals surface area contributed by atoms with Gasteiger partial charge in [-0.05, 0) is 17.7 Å². The summed E-state index contributed by atoms with van der Waals surface area (Å²) in [5, 5.41) is 10.6. The largest absolute Gasteiger partial charge is 0.365 e. The summed E-state index contributed by atoms with van der Waals surface area (Å²) in [6, 6.07) is 10.6. The van der Waals surface area contributed by atoms with Crippen LogP contribution in [0.3, 0.4) is 0 Å². The number of aromatic nitrogens is 1. The van der Waals surface area contributed by atoms with E-state index in [1.165, 1.54) is 6.07 Å². The number of nitrogens with one attached hydrogen (secondary N) is 1. The van der Waals surface area contributed by atoms with E-state index in [2.05, 4.69) is 4.98 Å². The van der Waals surface area contributed by atoms with E-state index < -0.39 is 0 Å². The van der Waals surface area contributed by atoms with Gasteiger partial charge in [0.2, 0.25) is 0 Å². The third kappa shape index (κ3) is 2.22. The second-order valence-corrected chi connectivity index (χ2v) is 3.30. The molecular formula is C11H10N2O2. The van der Waals surface area contributed by atoms with E-state index >= 15 is 0 Å². The van der Waals surface area contributed by atoms with E-state index in [0.717, 1.165) is 11.3 Å². The molecule has 4 heteroatoms. The minimum Gasteiger partial charge on any atom is -0.365 e. The summed E-state index contributed by atoms with van der Waals surface area (Å²) in [5.41, 5.74) is 2.13. The minimum atomic E-state index is -0.377. The summed E-state index contributed by atoms with van der Waals surface area (Å²) in [5.74, 6) is 0. The first-order valence-corrected chi connectivity index (χ1v) is 4.61. The molecule has 0 amide bonds. The molecule has 0 radical (unpaired) electrons. The summed E-state index contributed by atoms with van der Waals surface area (Å²) < 4.78 is 0. The van der Waals surface area contributed by atoms with Crippen molar-refractivity contribution in [3.63, 3.8) is 0 Å². The molecule has 2 aromatic rings. The smallest absolute Gasteiger partial charge is 0.269 e. The molecule has 0 saturated carbocycles. The standard InChI is InChI=1S/C11H10N2O2/c14-13(15)11-5-1-3-9(8-11)7-10-4-2-6-12-10/h1-6,8,12H,7H2. The Kier molecular flexibility index (Phi) is 2.49. The average molecular weight is 202 g/mol. The summed E-state index contributed by atoms with van der Waals surface area (Å²) in [7, 11) is 0. The van der Waals surface area contributed by atoms with Crippen molar-refractivity contribution in [1.29, 1.82) is 0 Å². The Bertz CT molecular complexity index is 463. The van der Waals surface area contributed by atoms with Crippen LogP contribution in [0.15, 0.2) is 42.6 Å². The number of nitro benzene ring substituents is 1. The highest BCUT2D eigenvalue weighted by molar-refractivity contribution is 5.35. The molecule has 2 rings (SSSR count). The number of non-ortho nitro benzene ring substituents is 1. The van der Waals surface area contributed by atoms with Gasteiger partial charge in [-0.2, -0.15) is 0 Å². The molecule has 0 aliphatic heterocycles. The van der Waals surface area contributed by atoms with Gasteiger partial charge in [0.25, 0.3) is 5.69 Å². The fourth-order valence-corrected chi connectivity index (χ4v) is 1.48. The summed E-state index contributed by atoms with van der Waals surface area (Å²) >= 11 is 0. The lowest BCUT2D eigenvalue weighted by Gasteiger charge is -1.98. The van der Waals surface area contributed by atoms with Gasteiger partial charge in [-0.3, -0.25) is 10.1 Å². The Labute approximate surface area is 86.7 Å². The van der Waals surface area contributed by atoms with Crippen LogP contribution in [0.1, 0.15) is 11.3 Å². The molecule has 0 spiro atoms. The fourth-order valence-electron chi connectivity index (χ4n) is 1.48. The van der Waals surface area contributed by atoms with Crippen molar-refractivity contribution in [3.05, 3.63) is 64.0 Å². The van der Waals surface area contributed by atoms with Crippen LogP contribution in [0.2, 0.25) is 0 Å². The Morgan fingerprint density at radius 2 is 2.13 bits per heavy atom. The topological polar surface area (TPSA) is 58.9 Å². The second kappa shape index (κ2) is 3.96. The fraction of sp³-hybridized carbons (Fsp3) is 0.0909. The van der Waals surface area contributed by atoms with Crippen LogP contribution in [0, 0.1) is 10.1 Å². The Balaban J connectivity index is 2.22. The van der Waals surface area contributed by atoms with E-state index in [-0.39, 0.29) is 10.6 Å². The Morgan fingerprint density at radius 1 is 1.27 bits per heavy atom. The molecule has 0 aliphatic rings. The zero-order valence-corrected chi connectivity index (χ0v) is 8.01. The lowest BCUT2D eigenvalue weighted by atomic mass is 10.1. The van der Waals surface area contributed by atoms with Gasteiger partial charge in [0.1, 0.15) is 0 Å². The van der Waals surface area contributed by atoms with Gasteiger partial charge in [-0.25, -0.2) is 0 Å². The van der Waals surface area contributed by atoms with Crippen LogP contribution >= 0.6 is 0 Å². The molecule has 0 saturated heterocycles. The van der Waals surface area contributed by atoms with Crippen LogP contribution in [0.25, 0.3) is 0 Å². The summed E-state index contributed by atoms with van der Waals surface area (Å²) in [6.45, 7) is 0. The molecule has 1 N–H and O–H groups in total. The first-order valence-electron chi connectivity index (χ1n) is 4.61. The predicted molar refractivity (Wildman–Crippen MR) is 56.7 cm³/mol. The van der Waals surface area contributed by atoms with Gasteiger partial charge in [-0.15, -0.1) is 0 Å². The van der Waals surface area contributed by atoms with Crippen molar-refractivity contribution >= 4 is 5.69 Å². The van der Waals surface area contributed by atoms with Crippen molar-refractivity contribution in [2.24, 2.45) is 0 Å². The van der Waals surface area contributed by atoms with Crippen molar-refractivity contribution in [2.75, 3.05) is 0 Å². The number of nitro groups is 1. The molecule has 4 nitrogen and oxygen atoms in total. The highest BCUT2D eigenvalue weighted by Gasteiger charge is 2.05. The van der Waals surface area contributed by atoms with Gasteiger partial charge in [-0.1, -0.05) is 12.1 Å². The zero-order valence-electron chi connectivity index (χ0n) is 8.01. The van der Waals surface area contributed by atoms with Gasteiger partial charge in [0.05, 0.1) is 4.92 Å². The number of benzene rings is 1. The second-order valence-electron chi connectivity index (χ2n) is 3.30. The van der Waals surface area contributed by atoms with E-state index in [9.17, 15) is 10.1 Å². The molecule has 0 fully saturated rings. The molecule has 76 valence electrons. The number of nitrogens with zero attached hydrogens (tertiary/aromatic N) is 1. The minimum absolute atomic E-state index is 0.138. The highest BCUT2D eigenvalue weighted by atomic mass is 16.6. The van der Waals surface area contributed by atoms with Crippen LogP contribution < -0.4 is 0 Å². The van der Waals surface area contributed by atoms with Crippen LogP contribution in [0.4, 0.5) is 5.69 Å². The van der Waals surface area contributed by atoms with Crippen LogP contribution in [-0.4, -0.2) is 9.91 Å². The molecule has 0 unspecified atom stereocenters. The average Bonchev–Trinajstić information content (AvgIpc) is 2.71. The van der Waals surface area contributed by atoms with Gasteiger partial charge < -0.3 is 4.98 Å². The molecule has 0 bridgehead atoms. The summed E-state index contributed by atoms with van der Waals surface area (Å²) in [6.07, 6.45) is 2.53. The number of hydrogen-bond acceptors (Lipinski definition) is 2. The van der Waals surface area contributed by atoms with Crippen molar-refractivity contribution < 1.29 is 4.92 Å². The van der Waals surface area contributed by atoms with E-state index in [0.29, 0.717) is 6.42 Å². The molecule has 1 heterocycles. The van der Waals surface area contributed by atoms with Crippen LogP contribution in [-0.2, 0) is 6.42 Å². The molecule has 0 atom stereocenters.